The van der Waals surface area contributed by atoms with Gasteiger partial charge in [-0.2, -0.15) is 0 Å². The standard InChI is InChI=1S/C32H37N5O3/c33-17-6-5-10-24(32(40)34-21-30-35-26-14-3-4-15-27(26)36-30)19-29(38)28-16-8-18-37(28)31(39)20-23-12-7-11-22-9-1-2-13-25(22)23/h1-4,7,9,11-15,24,28H,5-6,8,10,16-21,33H2,(H,34,40)(H,35,36)/t24-,28+/m1/s1. The number of unbranched alkanes of at least 4 members (excludes halogenated alkanes) is 1. The lowest BCUT2D eigenvalue weighted by atomic mass is 9.91. The van der Waals surface area contributed by atoms with E-state index in [9.17, 15) is 14.4 Å². The minimum absolute atomic E-state index is 0.0405. The summed E-state index contributed by atoms with van der Waals surface area (Å²) in [6.45, 7) is 1.37. The molecule has 4 N–H and O–H groups in total. The second kappa shape index (κ2) is 12.9. The van der Waals surface area contributed by atoms with Crippen LogP contribution in [0, 0.1) is 5.92 Å². The quantitative estimate of drug-likeness (QED) is 0.232. The molecule has 0 radical (unpaired) electrons. The number of amides is 2. The Labute approximate surface area is 234 Å². The second-order valence-electron chi connectivity index (χ2n) is 10.6. The van der Waals surface area contributed by atoms with E-state index in [-0.39, 0.29) is 37.0 Å². The van der Waals surface area contributed by atoms with Gasteiger partial charge < -0.3 is 20.9 Å². The summed E-state index contributed by atoms with van der Waals surface area (Å²) in [7, 11) is 0. The minimum Gasteiger partial charge on any atom is -0.349 e. The number of para-hydroxylation sites is 2. The predicted molar refractivity (Wildman–Crippen MR) is 156 cm³/mol. The van der Waals surface area contributed by atoms with E-state index >= 15 is 0 Å². The van der Waals surface area contributed by atoms with Crippen LogP contribution in [-0.2, 0) is 27.3 Å². The zero-order chi connectivity index (χ0) is 27.9. The first-order chi connectivity index (χ1) is 19.5. The molecule has 1 fully saturated rings. The Morgan fingerprint density at radius 2 is 1.82 bits per heavy atom. The summed E-state index contributed by atoms with van der Waals surface area (Å²) in [5.41, 5.74) is 8.41. The van der Waals surface area contributed by atoms with E-state index in [0.717, 1.165) is 46.6 Å². The number of likely N-dealkylation sites (tertiary alicyclic amines) is 1. The highest BCUT2D eigenvalue weighted by Gasteiger charge is 2.35. The van der Waals surface area contributed by atoms with Crippen molar-refractivity contribution in [2.45, 2.75) is 57.5 Å². The number of fused-ring (bicyclic) bond motifs is 2. The molecule has 3 aromatic carbocycles. The molecule has 4 aromatic rings. The van der Waals surface area contributed by atoms with Gasteiger partial charge in [-0.15, -0.1) is 0 Å². The molecular weight excluding hydrogens is 502 g/mol. The van der Waals surface area contributed by atoms with Gasteiger partial charge in [-0.1, -0.05) is 61.0 Å². The van der Waals surface area contributed by atoms with Crippen LogP contribution in [0.3, 0.4) is 0 Å². The zero-order valence-corrected chi connectivity index (χ0v) is 22.8. The molecule has 1 aliphatic rings. The fourth-order valence-electron chi connectivity index (χ4n) is 5.76. The lowest BCUT2D eigenvalue weighted by molar-refractivity contribution is -0.138. The average molecular weight is 540 g/mol. The first-order valence-corrected chi connectivity index (χ1v) is 14.2. The smallest absolute Gasteiger partial charge is 0.227 e. The third-order valence-electron chi connectivity index (χ3n) is 7.86. The molecule has 0 bridgehead atoms. The van der Waals surface area contributed by atoms with E-state index in [4.69, 9.17) is 5.73 Å². The monoisotopic (exact) mass is 539 g/mol. The number of H-pyrrole nitrogens is 1. The average Bonchev–Trinajstić information content (AvgIpc) is 3.63. The van der Waals surface area contributed by atoms with Crippen molar-refractivity contribution >= 4 is 39.4 Å². The highest BCUT2D eigenvalue weighted by molar-refractivity contribution is 5.95. The van der Waals surface area contributed by atoms with Crippen LogP contribution < -0.4 is 11.1 Å². The van der Waals surface area contributed by atoms with Crippen molar-refractivity contribution in [3.05, 3.63) is 78.1 Å². The van der Waals surface area contributed by atoms with E-state index in [1.165, 1.54) is 0 Å². The number of imidazole rings is 1. The van der Waals surface area contributed by atoms with Gasteiger partial charge in [0.25, 0.3) is 0 Å². The van der Waals surface area contributed by atoms with Gasteiger partial charge in [0.1, 0.15) is 5.82 Å². The summed E-state index contributed by atoms with van der Waals surface area (Å²) in [5.74, 6) is -0.0549. The predicted octanol–water partition coefficient (Wildman–Crippen LogP) is 4.27. The Balaban J connectivity index is 1.23. The fraction of sp³-hybridized carbons (Fsp3) is 0.375. The topological polar surface area (TPSA) is 121 Å². The number of nitrogens with two attached hydrogens (primary N) is 1. The number of carbonyl (C=O) groups is 3. The minimum atomic E-state index is -0.484. The molecule has 208 valence electrons. The molecular formula is C32H37N5O3. The van der Waals surface area contributed by atoms with E-state index in [0.29, 0.717) is 31.8 Å². The van der Waals surface area contributed by atoms with Gasteiger partial charge in [-0.05, 0) is 60.7 Å². The van der Waals surface area contributed by atoms with E-state index < -0.39 is 12.0 Å². The lowest BCUT2D eigenvalue weighted by Gasteiger charge is -2.26. The van der Waals surface area contributed by atoms with Crippen LogP contribution in [0.1, 0.15) is 49.9 Å². The molecule has 1 aliphatic heterocycles. The Hall–Kier alpha value is -4.04. The molecule has 8 heteroatoms. The number of hydrogen-bond donors (Lipinski definition) is 3. The Kier molecular flexibility index (Phi) is 8.86. The zero-order valence-electron chi connectivity index (χ0n) is 22.8. The summed E-state index contributed by atoms with van der Waals surface area (Å²) in [5, 5.41) is 5.12. The van der Waals surface area contributed by atoms with Gasteiger partial charge in [0.2, 0.25) is 11.8 Å². The fourth-order valence-corrected chi connectivity index (χ4v) is 5.76. The number of carbonyl (C=O) groups excluding carboxylic acids is 3. The van der Waals surface area contributed by atoms with Gasteiger partial charge in [0.05, 0.1) is 30.0 Å². The van der Waals surface area contributed by atoms with Crippen molar-refractivity contribution in [3.8, 4) is 0 Å². The van der Waals surface area contributed by atoms with Crippen LogP contribution in [0.5, 0.6) is 0 Å². The van der Waals surface area contributed by atoms with Crippen molar-refractivity contribution in [2.75, 3.05) is 13.1 Å². The molecule has 8 nitrogen and oxygen atoms in total. The van der Waals surface area contributed by atoms with Crippen LogP contribution in [-0.4, -0.2) is 51.6 Å². The molecule has 5 rings (SSSR count). The number of ketones is 1. The molecule has 40 heavy (non-hydrogen) atoms. The van der Waals surface area contributed by atoms with Crippen molar-refractivity contribution in [3.63, 3.8) is 0 Å². The van der Waals surface area contributed by atoms with Gasteiger partial charge in [0.15, 0.2) is 5.78 Å². The molecule has 0 spiro atoms. The maximum Gasteiger partial charge on any atom is 0.227 e. The summed E-state index contributed by atoms with van der Waals surface area (Å²) in [6.07, 6.45) is 3.92. The summed E-state index contributed by atoms with van der Waals surface area (Å²) >= 11 is 0. The van der Waals surface area contributed by atoms with Crippen molar-refractivity contribution in [1.82, 2.24) is 20.2 Å². The number of rotatable bonds is 12. The largest absolute Gasteiger partial charge is 0.349 e. The molecule has 2 atom stereocenters. The van der Waals surface area contributed by atoms with Gasteiger partial charge in [-0.25, -0.2) is 4.98 Å². The normalized spacial score (nSPS) is 15.9. The lowest BCUT2D eigenvalue weighted by Crippen LogP contribution is -2.43. The maximum absolute atomic E-state index is 13.5. The third kappa shape index (κ3) is 6.39. The van der Waals surface area contributed by atoms with Crippen LogP contribution >= 0.6 is 0 Å². The van der Waals surface area contributed by atoms with Gasteiger partial charge >= 0.3 is 0 Å². The summed E-state index contributed by atoms with van der Waals surface area (Å²) < 4.78 is 0. The molecule has 1 saturated heterocycles. The Morgan fingerprint density at radius 3 is 2.67 bits per heavy atom. The van der Waals surface area contributed by atoms with Crippen molar-refractivity contribution in [1.29, 1.82) is 0 Å². The number of Topliss-reactive ketones (excluding diaryl/α,β-unsaturated/α-hetero) is 1. The molecule has 0 unspecified atom stereocenters. The number of hydrogen-bond acceptors (Lipinski definition) is 5. The summed E-state index contributed by atoms with van der Waals surface area (Å²) in [4.78, 5) is 49.7. The van der Waals surface area contributed by atoms with Gasteiger partial charge in [-0.3, -0.25) is 14.4 Å². The molecule has 0 saturated carbocycles. The van der Waals surface area contributed by atoms with Crippen LogP contribution in [0.25, 0.3) is 21.8 Å². The number of aromatic amines is 1. The SMILES string of the molecule is NCCCC[C@H](CC(=O)[C@@H]1CCCN1C(=O)Cc1cccc2ccccc12)C(=O)NCc1nc2ccccc2[nH]1. The highest BCUT2D eigenvalue weighted by Crippen LogP contribution is 2.26. The first kappa shape index (κ1) is 27.5. The van der Waals surface area contributed by atoms with E-state index in [1.807, 2.05) is 66.7 Å². The van der Waals surface area contributed by atoms with Crippen molar-refractivity contribution in [2.24, 2.45) is 11.7 Å². The third-order valence-corrected chi connectivity index (χ3v) is 7.86. The van der Waals surface area contributed by atoms with Gasteiger partial charge in [0, 0.05) is 18.9 Å². The number of nitrogens with zero attached hydrogens (tertiary/aromatic N) is 2. The molecule has 1 aromatic heterocycles. The van der Waals surface area contributed by atoms with E-state index in [1.54, 1.807) is 4.90 Å². The second-order valence-corrected chi connectivity index (χ2v) is 10.6. The van der Waals surface area contributed by atoms with Crippen LogP contribution in [0.2, 0.25) is 0 Å². The number of nitrogens with one attached hydrogen (secondary N) is 2. The highest BCUT2D eigenvalue weighted by atomic mass is 16.2. The Morgan fingerprint density at radius 1 is 1.02 bits per heavy atom. The van der Waals surface area contributed by atoms with E-state index in [2.05, 4.69) is 15.3 Å². The van der Waals surface area contributed by atoms with Crippen molar-refractivity contribution < 1.29 is 14.4 Å². The summed E-state index contributed by atoms with van der Waals surface area (Å²) in [6, 6.07) is 21.2. The molecule has 0 aliphatic carbocycles. The molecule has 2 heterocycles. The van der Waals surface area contributed by atoms with Crippen LogP contribution in [0.15, 0.2) is 66.7 Å². The molecule has 2 amide bonds. The number of aromatic nitrogens is 2. The maximum atomic E-state index is 13.5. The number of benzene rings is 3. The van der Waals surface area contributed by atoms with Crippen LogP contribution in [0.4, 0.5) is 0 Å². The first-order valence-electron chi connectivity index (χ1n) is 14.2. The Bertz CT molecular complexity index is 1460.